The second kappa shape index (κ2) is 5.93. The summed E-state index contributed by atoms with van der Waals surface area (Å²) < 4.78 is 2.20. The van der Waals surface area contributed by atoms with E-state index in [4.69, 9.17) is 0 Å². The fraction of sp³-hybridized carbons (Fsp3) is 0.316. The smallest absolute Gasteiger partial charge is 0.307 e. The first-order valence-electron chi connectivity index (χ1n) is 7.78. The molecule has 0 radical (unpaired) electrons. The molecule has 1 heterocycles. The normalized spacial score (nSPS) is 11.7. The number of para-hydroxylation sites is 1. The Labute approximate surface area is 140 Å². The maximum atomic E-state index is 11.3. The highest BCUT2D eigenvalue weighted by Gasteiger charge is 2.19. The summed E-state index contributed by atoms with van der Waals surface area (Å²) in [6.07, 6.45) is 0.0629. The summed E-state index contributed by atoms with van der Waals surface area (Å²) in [5.41, 5.74) is 4.39. The minimum atomic E-state index is -0.784. The first-order chi connectivity index (χ1) is 10.9. The number of rotatable bonds is 4. The van der Waals surface area contributed by atoms with Crippen LogP contribution in [0.4, 0.5) is 0 Å². The molecule has 4 heteroatoms. The SMILES string of the molecule is Cc1cc(CC(=O)O)c(SC(C)C)c2c1c1ccccc1n2C. The lowest BCUT2D eigenvalue weighted by atomic mass is 10.0. The Morgan fingerprint density at radius 3 is 2.65 bits per heavy atom. The van der Waals surface area contributed by atoms with Gasteiger partial charge in [0.15, 0.2) is 0 Å². The number of fused-ring (bicyclic) bond motifs is 3. The van der Waals surface area contributed by atoms with E-state index >= 15 is 0 Å². The molecule has 23 heavy (non-hydrogen) atoms. The molecule has 0 atom stereocenters. The van der Waals surface area contributed by atoms with E-state index in [2.05, 4.69) is 50.6 Å². The van der Waals surface area contributed by atoms with Gasteiger partial charge in [0.05, 0.1) is 11.9 Å². The molecule has 120 valence electrons. The van der Waals surface area contributed by atoms with Crippen LogP contribution in [0.1, 0.15) is 25.0 Å². The lowest BCUT2D eigenvalue weighted by Crippen LogP contribution is -2.05. The number of benzene rings is 2. The van der Waals surface area contributed by atoms with E-state index in [0.29, 0.717) is 5.25 Å². The fourth-order valence-electron chi connectivity index (χ4n) is 3.27. The Balaban J connectivity index is 2.45. The van der Waals surface area contributed by atoms with Crippen molar-refractivity contribution in [3.05, 3.63) is 41.5 Å². The van der Waals surface area contributed by atoms with Crippen molar-refractivity contribution in [2.45, 2.75) is 37.3 Å². The van der Waals surface area contributed by atoms with Crippen LogP contribution in [0.2, 0.25) is 0 Å². The van der Waals surface area contributed by atoms with Crippen molar-refractivity contribution in [2.24, 2.45) is 7.05 Å². The number of aromatic nitrogens is 1. The van der Waals surface area contributed by atoms with E-state index in [9.17, 15) is 9.90 Å². The molecule has 1 N–H and O–H groups in total. The van der Waals surface area contributed by atoms with Crippen LogP contribution in [0.15, 0.2) is 35.2 Å². The summed E-state index contributed by atoms with van der Waals surface area (Å²) in [6, 6.07) is 10.4. The molecule has 0 amide bonds. The van der Waals surface area contributed by atoms with Gasteiger partial charge in [-0.15, -0.1) is 11.8 Å². The zero-order valence-corrected chi connectivity index (χ0v) is 14.7. The first kappa shape index (κ1) is 15.9. The molecular formula is C19H21NO2S. The molecular weight excluding hydrogens is 306 g/mol. The molecule has 3 nitrogen and oxygen atoms in total. The molecule has 0 saturated heterocycles. The highest BCUT2D eigenvalue weighted by Crippen LogP contribution is 2.40. The number of carbonyl (C=O) groups is 1. The Kier molecular flexibility index (Phi) is 4.11. The molecule has 0 aliphatic carbocycles. The quantitative estimate of drug-likeness (QED) is 0.702. The highest BCUT2D eigenvalue weighted by atomic mass is 32.2. The van der Waals surface area contributed by atoms with Crippen molar-refractivity contribution < 1.29 is 9.90 Å². The van der Waals surface area contributed by atoms with Gasteiger partial charge in [-0.1, -0.05) is 38.1 Å². The van der Waals surface area contributed by atoms with Crippen LogP contribution in [-0.2, 0) is 18.3 Å². The molecule has 3 aromatic rings. The second-order valence-corrected chi connectivity index (χ2v) is 7.81. The van der Waals surface area contributed by atoms with Gasteiger partial charge in [-0.3, -0.25) is 4.79 Å². The standard InChI is InChI=1S/C19H21NO2S/c1-11(2)23-19-13(10-16(21)22)9-12(3)17-14-7-5-6-8-15(14)20(4)18(17)19/h5-9,11H,10H2,1-4H3,(H,21,22). The number of carboxylic acid groups (broad SMARTS) is 1. The van der Waals surface area contributed by atoms with Crippen LogP contribution in [0.25, 0.3) is 21.8 Å². The molecule has 2 aromatic carbocycles. The highest BCUT2D eigenvalue weighted by molar-refractivity contribution is 8.00. The molecule has 0 saturated carbocycles. The third-order valence-electron chi connectivity index (χ3n) is 4.09. The second-order valence-electron chi connectivity index (χ2n) is 6.22. The van der Waals surface area contributed by atoms with Gasteiger partial charge in [-0.2, -0.15) is 0 Å². The minimum absolute atomic E-state index is 0.0629. The fourth-order valence-corrected chi connectivity index (χ4v) is 4.38. The number of aliphatic carboxylic acids is 1. The van der Waals surface area contributed by atoms with Crippen molar-refractivity contribution in [1.29, 1.82) is 0 Å². The van der Waals surface area contributed by atoms with Gasteiger partial charge < -0.3 is 9.67 Å². The number of hydrogen-bond acceptors (Lipinski definition) is 2. The Hall–Kier alpha value is -1.94. The summed E-state index contributed by atoms with van der Waals surface area (Å²) in [5.74, 6) is -0.784. The molecule has 0 fully saturated rings. The van der Waals surface area contributed by atoms with Crippen molar-refractivity contribution in [1.82, 2.24) is 4.57 Å². The maximum Gasteiger partial charge on any atom is 0.307 e. The van der Waals surface area contributed by atoms with Gasteiger partial charge in [0.2, 0.25) is 0 Å². The van der Waals surface area contributed by atoms with E-state index in [-0.39, 0.29) is 6.42 Å². The van der Waals surface area contributed by atoms with Gasteiger partial charge in [-0.25, -0.2) is 0 Å². The number of carboxylic acids is 1. The van der Waals surface area contributed by atoms with E-state index in [1.165, 1.54) is 16.3 Å². The van der Waals surface area contributed by atoms with Crippen molar-refractivity contribution in [2.75, 3.05) is 0 Å². The Morgan fingerprint density at radius 1 is 1.30 bits per heavy atom. The van der Waals surface area contributed by atoms with E-state index < -0.39 is 5.97 Å². The number of nitrogens with zero attached hydrogens (tertiary/aromatic N) is 1. The van der Waals surface area contributed by atoms with Gasteiger partial charge in [0.1, 0.15) is 0 Å². The number of thioether (sulfide) groups is 1. The van der Waals surface area contributed by atoms with Crippen molar-refractivity contribution in [3.8, 4) is 0 Å². The largest absolute Gasteiger partial charge is 0.481 e. The molecule has 1 aromatic heterocycles. The molecule has 0 aliphatic rings. The lowest BCUT2D eigenvalue weighted by Gasteiger charge is -2.15. The third-order valence-corrected chi connectivity index (χ3v) is 5.26. The van der Waals surface area contributed by atoms with Crippen LogP contribution in [0, 0.1) is 6.92 Å². The summed E-state index contributed by atoms with van der Waals surface area (Å²) in [6.45, 7) is 6.36. The average Bonchev–Trinajstić information content (AvgIpc) is 2.77. The van der Waals surface area contributed by atoms with Crippen LogP contribution in [-0.4, -0.2) is 20.9 Å². The molecule has 0 bridgehead atoms. The van der Waals surface area contributed by atoms with Crippen LogP contribution in [0.3, 0.4) is 0 Å². The van der Waals surface area contributed by atoms with Crippen molar-refractivity contribution in [3.63, 3.8) is 0 Å². The zero-order chi connectivity index (χ0) is 16.7. The minimum Gasteiger partial charge on any atom is -0.481 e. The summed E-state index contributed by atoms with van der Waals surface area (Å²) in [4.78, 5) is 12.4. The topological polar surface area (TPSA) is 42.2 Å². The Morgan fingerprint density at radius 2 is 2.00 bits per heavy atom. The molecule has 3 rings (SSSR count). The average molecular weight is 327 g/mol. The van der Waals surface area contributed by atoms with Gasteiger partial charge in [0.25, 0.3) is 0 Å². The molecule has 0 unspecified atom stereocenters. The van der Waals surface area contributed by atoms with Gasteiger partial charge in [0, 0.05) is 33.5 Å². The van der Waals surface area contributed by atoms with Crippen LogP contribution in [0.5, 0.6) is 0 Å². The summed E-state index contributed by atoms with van der Waals surface area (Å²) in [5, 5.41) is 12.1. The van der Waals surface area contributed by atoms with E-state index in [1.54, 1.807) is 11.8 Å². The summed E-state index contributed by atoms with van der Waals surface area (Å²) >= 11 is 1.75. The first-order valence-corrected chi connectivity index (χ1v) is 8.66. The molecule has 0 spiro atoms. The van der Waals surface area contributed by atoms with Crippen LogP contribution < -0.4 is 0 Å². The van der Waals surface area contributed by atoms with Crippen LogP contribution >= 0.6 is 11.8 Å². The van der Waals surface area contributed by atoms with Gasteiger partial charge in [-0.05, 0) is 24.1 Å². The lowest BCUT2D eigenvalue weighted by molar-refractivity contribution is -0.136. The predicted octanol–water partition coefficient (Wildman–Crippen LogP) is 4.77. The monoisotopic (exact) mass is 327 g/mol. The number of hydrogen-bond donors (Lipinski definition) is 1. The summed E-state index contributed by atoms with van der Waals surface area (Å²) in [7, 11) is 2.07. The molecule has 0 aliphatic heterocycles. The van der Waals surface area contributed by atoms with E-state index in [1.807, 2.05) is 12.1 Å². The third kappa shape index (κ3) is 2.72. The number of aryl methyl sites for hydroxylation is 2. The predicted molar refractivity (Wildman–Crippen MR) is 97.5 cm³/mol. The van der Waals surface area contributed by atoms with Crippen molar-refractivity contribution >= 4 is 39.5 Å². The maximum absolute atomic E-state index is 11.3. The Bertz CT molecular complexity index is 909. The van der Waals surface area contributed by atoms with Gasteiger partial charge >= 0.3 is 5.97 Å². The zero-order valence-electron chi connectivity index (χ0n) is 13.9. The van der Waals surface area contributed by atoms with E-state index in [0.717, 1.165) is 21.5 Å².